The molecule has 0 saturated heterocycles. The molecule has 4 rings (SSSR count). The van der Waals surface area contributed by atoms with E-state index in [2.05, 4.69) is 15.5 Å². The third kappa shape index (κ3) is 4.13. The van der Waals surface area contributed by atoms with Crippen LogP contribution in [0.3, 0.4) is 0 Å². The number of anilines is 1. The lowest BCUT2D eigenvalue weighted by Gasteiger charge is -2.18. The lowest BCUT2D eigenvalue weighted by Crippen LogP contribution is -2.14. The highest BCUT2D eigenvalue weighted by Crippen LogP contribution is 2.33. The average Bonchev–Trinajstić information content (AvgIpc) is 3.18. The van der Waals surface area contributed by atoms with Gasteiger partial charge in [-0.15, -0.1) is 10.2 Å². The molecule has 9 heteroatoms. The molecule has 4 nitrogen and oxygen atoms in total. The SMILES string of the molecule is Fc1cccc(-c2nnc([C@H](Nc3ccc(F)cc3F)c3ccc(F)cc3Cl)o2)c1. The van der Waals surface area contributed by atoms with Crippen LogP contribution >= 0.6 is 11.6 Å². The first-order chi connectivity index (χ1) is 14.4. The fourth-order valence-electron chi connectivity index (χ4n) is 2.86. The summed E-state index contributed by atoms with van der Waals surface area (Å²) in [4.78, 5) is 0. The predicted molar refractivity (Wildman–Crippen MR) is 103 cm³/mol. The molecule has 0 radical (unpaired) electrons. The van der Waals surface area contributed by atoms with Crippen LogP contribution in [0, 0.1) is 23.3 Å². The van der Waals surface area contributed by atoms with E-state index in [0.29, 0.717) is 17.2 Å². The van der Waals surface area contributed by atoms with Crippen LogP contribution in [0.15, 0.2) is 65.1 Å². The van der Waals surface area contributed by atoms with Crippen molar-refractivity contribution in [3.8, 4) is 11.5 Å². The normalized spacial score (nSPS) is 12.0. The zero-order valence-electron chi connectivity index (χ0n) is 15.0. The highest BCUT2D eigenvalue weighted by atomic mass is 35.5. The maximum atomic E-state index is 14.2. The molecular formula is C21H12ClF4N3O. The Kier molecular flexibility index (Phi) is 5.41. The standard InChI is InChI=1S/C21H12ClF4N3O/c22-16-9-13(24)4-6-15(16)19(27-18-7-5-14(25)10-17(18)26)21-29-28-20(30-21)11-2-1-3-12(23)8-11/h1-10,19,27H/t19-/m1/s1. The topological polar surface area (TPSA) is 51.0 Å². The van der Waals surface area contributed by atoms with Gasteiger partial charge < -0.3 is 9.73 Å². The van der Waals surface area contributed by atoms with Crippen molar-refractivity contribution in [3.63, 3.8) is 0 Å². The van der Waals surface area contributed by atoms with E-state index in [1.807, 2.05) is 0 Å². The molecule has 1 aromatic heterocycles. The minimum Gasteiger partial charge on any atom is -0.418 e. The van der Waals surface area contributed by atoms with Gasteiger partial charge in [0.2, 0.25) is 11.8 Å². The molecule has 0 fully saturated rings. The molecule has 0 unspecified atom stereocenters. The van der Waals surface area contributed by atoms with Gasteiger partial charge in [0.15, 0.2) is 0 Å². The summed E-state index contributed by atoms with van der Waals surface area (Å²) in [6, 6.07) is 11.1. The van der Waals surface area contributed by atoms with Crippen LogP contribution in [0.5, 0.6) is 0 Å². The zero-order valence-corrected chi connectivity index (χ0v) is 15.8. The van der Waals surface area contributed by atoms with Gasteiger partial charge in [0.25, 0.3) is 0 Å². The highest BCUT2D eigenvalue weighted by Gasteiger charge is 2.25. The number of halogens is 5. The third-order valence-corrected chi connectivity index (χ3v) is 4.59. The lowest BCUT2D eigenvalue weighted by atomic mass is 10.1. The molecule has 1 atom stereocenters. The molecule has 152 valence electrons. The van der Waals surface area contributed by atoms with Gasteiger partial charge in [-0.1, -0.05) is 23.7 Å². The molecular weight excluding hydrogens is 422 g/mol. The van der Waals surface area contributed by atoms with E-state index in [-0.39, 0.29) is 22.5 Å². The number of aromatic nitrogens is 2. The van der Waals surface area contributed by atoms with Crippen molar-refractivity contribution >= 4 is 17.3 Å². The van der Waals surface area contributed by atoms with Crippen LogP contribution in [-0.4, -0.2) is 10.2 Å². The summed E-state index contributed by atoms with van der Waals surface area (Å²) in [7, 11) is 0. The third-order valence-electron chi connectivity index (χ3n) is 4.26. The minimum absolute atomic E-state index is 0.0223. The van der Waals surface area contributed by atoms with Crippen molar-refractivity contribution in [1.29, 1.82) is 0 Å². The Hall–Kier alpha value is -3.39. The Balaban J connectivity index is 1.77. The monoisotopic (exact) mass is 433 g/mol. The second-order valence-corrected chi connectivity index (χ2v) is 6.73. The Morgan fingerprint density at radius 3 is 2.30 bits per heavy atom. The van der Waals surface area contributed by atoms with Gasteiger partial charge >= 0.3 is 0 Å². The number of hydrogen-bond acceptors (Lipinski definition) is 4. The number of rotatable bonds is 5. The average molecular weight is 434 g/mol. The van der Waals surface area contributed by atoms with Crippen LogP contribution in [0.4, 0.5) is 23.2 Å². The Bertz CT molecular complexity index is 1210. The van der Waals surface area contributed by atoms with E-state index in [1.54, 1.807) is 6.07 Å². The molecule has 0 spiro atoms. The highest BCUT2D eigenvalue weighted by molar-refractivity contribution is 6.31. The van der Waals surface area contributed by atoms with E-state index in [4.69, 9.17) is 16.0 Å². The number of nitrogens with zero attached hydrogens (tertiary/aromatic N) is 2. The Morgan fingerprint density at radius 2 is 1.57 bits per heavy atom. The minimum atomic E-state index is -0.993. The van der Waals surface area contributed by atoms with Gasteiger partial charge in [0.05, 0.1) is 5.69 Å². The smallest absolute Gasteiger partial charge is 0.247 e. The first-order valence-electron chi connectivity index (χ1n) is 8.66. The fourth-order valence-corrected chi connectivity index (χ4v) is 3.14. The van der Waals surface area contributed by atoms with E-state index in [0.717, 1.165) is 12.1 Å². The van der Waals surface area contributed by atoms with E-state index >= 15 is 0 Å². The van der Waals surface area contributed by atoms with Gasteiger partial charge in [-0.3, -0.25) is 0 Å². The van der Waals surface area contributed by atoms with Crippen molar-refractivity contribution in [2.24, 2.45) is 0 Å². The largest absolute Gasteiger partial charge is 0.418 e. The van der Waals surface area contributed by atoms with E-state index in [1.165, 1.54) is 36.4 Å². The molecule has 0 amide bonds. The van der Waals surface area contributed by atoms with Gasteiger partial charge in [0.1, 0.15) is 29.3 Å². The molecule has 3 aromatic carbocycles. The molecule has 4 aromatic rings. The summed E-state index contributed by atoms with van der Waals surface area (Å²) in [5.74, 6) is -2.68. The summed E-state index contributed by atoms with van der Waals surface area (Å²) in [5, 5.41) is 10.7. The molecule has 0 saturated carbocycles. The molecule has 1 N–H and O–H groups in total. The number of hydrogen-bond donors (Lipinski definition) is 1. The van der Waals surface area contributed by atoms with Crippen molar-refractivity contribution in [2.45, 2.75) is 6.04 Å². The van der Waals surface area contributed by atoms with Gasteiger partial charge in [0, 0.05) is 22.2 Å². The molecule has 30 heavy (non-hydrogen) atoms. The quantitative estimate of drug-likeness (QED) is 0.384. The second kappa shape index (κ2) is 8.16. The van der Waals surface area contributed by atoms with Crippen molar-refractivity contribution in [1.82, 2.24) is 10.2 Å². The van der Waals surface area contributed by atoms with Crippen LogP contribution in [0.2, 0.25) is 5.02 Å². The number of nitrogens with one attached hydrogen (secondary N) is 1. The summed E-state index contributed by atoms with van der Waals surface area (Å²) in [6.07, 6.45) is 0. The van der Waals surface area contributed by atoms with Crippen LogP contribution in [0.25, 0.3) is 11.5 Å². The molecule has 1 heterocycles. The maximum absolute atomic E-state index is 14.2. The van der Waals surface area contributed by atoms with Crippen LogP contribution in [0.1, 0.15) is 17.5 Å². The summed E-state index contributed by atoms with van der Waals surface area (Å²) < 4.78 is 60.2. The molecule has 0 bridgehead atoms. The first kappa shape index (κ1) is 19.9. The van der Waals surface area contributed by atoms with Gasteiger partial charge in [-0.05, 0) is 42.5 Å². The predicted octanol–water partition coefficient (Wildman–Crippen LogP) is 6.15. The molecule has 0 aliphatic rings. The zero-order chi connectivity index (χ0) is 21.3. The van der Waals surface area contributed by atoms with Crippen LogP contribution < -0.4 is 5.32 Å². The van der Waals surface area contributed by atoms with Crippen molar-refractivity contribution in [3.05, 3.63) is 100 Å². The van der Waals surface area contributed by atoms with Crippen molar-refractivity contribution < 1.29 is 22.0 Å². The molecule has 0 aliphatic heterocycles. The summed E-state index contributed by atoms with van der Waals surface area (Å²) in [5.41, 5.74) is 0.592. The molecule has 0 aliphatic carbocycles. The number of benzene rings is 3. The fraction of sp³-hybridized carbons (Fsp3) is 0.0476. The summed E-state index contributed by atoms with van der Waals surface area (Å²) in [6.45, 7) is 0. The van der Waals surface area contributed by atoms with Crippen LogP contribution in [-0.2, 0) is 0 Å². The van der Waals surface area contributed by atoms with Gasteiger partial charge in [-0.2, -0.15) is 0 Å². The maximum Gasteiger partial charge on any atom is 0.247 e. The second-order valence-electron chi connectivity index (χ2n) is 6.32. The summed E-state index contributed by atoms with van der Waals surface area (Å²) >= 11 is 6.18. The van der Waals surface area contributed by atoms with E-state index < -0.39 is 29.3 Å². The Labute approximate surface area is 173 Å². The van der Waals surface area contributed by atoms with Crippen molar-refractivity contribution in [2.75, 3.05) is 5.32 Å². The van der Waals surface area contributed by atoms with E-state index in [9.17, 15) is 17.6 Å². The lowest BCUT2D eigenvalue weighted by molar-refractivity contribution is 0.492. The van der Waals surface area contributed by atoms with Gasteiger partial charge in [-0.25, -0.2) is 17.6 Å². The first-order valence-corrected chi connectivity index (χ1v) is 9.04. The Morgan fingerprint density at radius 1 is 0.833 bits per heavy atom.